The minimum absolute atomic E-state index is 0.532. The Bertz CT molecular complexity index is 1170. The summed E-state index contributed by atoms with van der Waals surface area (Å²) in [4.78, 5) is 4.67. The Balaban J connectivity index is 1.71. The number of nitriles is 1. The monoisotopic (exact) mass is 372 g/mol. The number of fused-ring (bicyclic) bond motifs is 1. The van der Waals surface area contributed by atoms with E-state index in [0.29, 0.717) is 15.6 Å². The SMILES string of the molecule is N#C/C(=C\c1cccc(Cl)c1)c1nc(-c2ccc3ccccc3c2)cs1. The van der Waals surface area contributed by atoms with Gasteiger partial charge in [-0.15, -0.1) is 11.3 Å². The molecular formula is C22H13ClN2S. The fraction of sp³-hybridized carbons (Fsp3) is 0. The third-order valence-electron chi connectivity index (χ3n) is 4.06. The standard InChI is InChI=1S/C22H13ClN2S/c23-20-7-3-4-15(11-20)10-19(13-24)22-25-21(14-26-22)18-9-8-16-5-1-2-6-17(16)12-18/h1-12,14H/b19-10+. The molecule has 0 N–H and O–H groups in total. The van der Waals surface area contributed by atoms with Gasteiger partial charge >= 0.3 is 0 Å². The highest BCUT2D eigenvalue weighted by molar-refractivity contribution is 7.11. The molecule has 0 atom stereocenters. The Morgan fingerprint density at radius 1 is 1.00 bits per heavy atom. The number of allylic oxidation sites excluding steroid dienone is 1. The van der Waals surface area contributed by atoms with E-state index in [4.69, 9.17) is 11.6 Å². The van der Waals surface area contributed by atoms with Crippen molar-refractivity contribution in [3.8, 4) is 17.3 Å². The number of halogens is 1. The number of rotatable bonds is 3. The van der Waals surface area contributed by atoms with E-state index in [1.807, 2.05) is 47.9 Å². The van der Waals surface area contributed by atoms with Gasteiger partial charge in [0.15, 0.2) is 0 Å². The normalized spacial score (nSPS) is 11.5. The van der Waals surface area contributed by atoms with E-state index >= 15 is 0 Å². The lowest BCUT2D eigenvalue weighted by Gasteiger charge is -2.01. The molecule has 0 fully saturated rings. The van der Waals surface area contributed by atoms with E-state index < -0.39 is 0 Å². The molecule has 3 aromatic carbocycles. The van der Waals surface area contributed by atoms with Crippen LogP contribution in [0.5, 0.6) is 0 Å². The molecule has 0 amide bonds. The van der Waals surface area contributed by atoms with Crippen molar-refractivity contribution in [1.82, 2.24) is 4.98 Å². The molecule has 0 spiro atoms. The predicted octanol–water partition coefficient (Wildman–Crippen LogP) is 6.68. The number of hydrogen-bond donors (Lipinski definition) is 0. The van der Waals surface area contributed by atoms with Gasteiger partial charge in [-0.3, -0.25) is 0 Å². The zero-order valence-electron chi connectivity index (χ0n) is 13.7. The Morgan fingerprint density at radius 2 is 1.85 bits per heavy atom. The van der Waals surface area contributed by atoms with E-state index in [-0.39, 0.29) is 0 Å². The molecule has 0 aliphatic rings. The number of hydrogen-bond acceptors (Lipinski definition) is 3. The first-order chi connectivity index (χ1) is 12.7. The molecule has 0 saturated heterocycles. The van der Waals surface area contributed by atoms with E-state index in [2.05, 4.69) is 41.4 Å². The predicted molar refractivity (Wildman–Crippen MR) is 110 cm³/mol. The van der Waals surface area contributed by atoms with Gasteiger partial charge in [0.05, 0.1) is 11.3 Å². The average molecular weight is 373 g/mol. The first kappa shape index (κ1) is 16.5. The van der Waals surface area contributed by atoms with Crippen LogP contribution >= 0.6 is 22.9 Å². The van der Waals surface area contributed by atoms with Crippen LogP contribution in [-0.4, -0.2) is 4.98 Å². The molecule has 0 saturated carbocycles. The molecule has 2 nitrogen and oxygen atoms in total. The van der Waals surface area contributed by atoms with Gasteiger partial charge in [0.25, 0.3) is 0 Å². The smallest absolute Gasteiger partial charge is 0.134 e. The Hall–Kier alpha value is -2.93. The average Bonchev–Trinajstić information content (AvgIpc) is 3.16. The summed E-state index contributed by atoms with van der Waals surface area (Å²) in [5.74, 6) is 0. The van der Waals surface area contributed by atoms with Crippen molar-refractivity contribution in [3.63, 3.8) is 0 Å². The van der Waals surface area contributed by atoms with Crippen molar-refractivity contribution in [3.05, 3.63) is 87.7 Å². The second-order valence-electron chi connectivity index (χ2n) is 5.82. The highest BCUT2D eigenvalue weighted by Crippen LogP contribution is 2.29. The highest BCUT2D eigenvalue weighted by Gasteiger charge is 2.10. The van der Waals surface area contributed by atoms with Crippen molar-refractivity contribution in [1.29, 1.82) is 5.26 Å². The minimum Gasteiger partial charge on any atom is -0.235 e. The van der Waals surface area contributed by atoms with Gasteiger partial charge in [0, 0.05) is 16.0 Å². The van der Waals surface area contributed by atoms with E-state index in [1.54, 1.807) is 0 Å². The van der Waals surface area contributed by atoms with Gasteiger partial charge < -0.3 is 0 Å². The molecular weight excluding hydrogens is 360 g/mol. The molecule has 1 aromatic heterocycles. The Morgan fingerprint density at radius 3 is 2.65 bits per heavy atom. The topological polar surface area (TPSA) is 36.7 Å². The maximum atomic E-state index is 9.55. The fourth-order valence-electron chi connectivity index (χ4n) is 2.78. The Kier molecular flexibility index (Phi) is 4.53. The first-order valence-corrected chi connectivity index (χ1v) is 9.31. The summed E-state index contributed by atoms with van der Waals surface area (Å²) < 4.78 is 0. The zero-order valence-corrected chi connectivity index (χ0v) is 15.3. The van der Waals surface area contributed by atoms with Crippen molar-refractivity contribution in [2.75, 3.05) is 0 Å². The van der Waals surface area contributed by atoms with Crippen LogP contribution in [-0.2, 0) is 0 Å². The number of nitrogens with zero attached hydrogens (tertiary/aromatic N) is 2. The van der Waals surface area contributed by atoms with Crippen LogP contribution in [0.4, 0.5) is 0 Å². The summed E-state index contributed by atoms with van der Waals surface area (Å²) in [6.07, 6.45) is 1.81. The van der Waals surface area contributed by atoms with Crippen LogP contribution in [0.1, 0.15) is 10.6 Å². The van der Waals surface area contributed by atoms with Gasteiger partial charge in [0.1, 0.15) is 11.1 Å². The number of thiazole rings is 1. The summed E-state index contributed by atoms with van der Waals surface area (Å²) in [5.41, 5.74) is 3.34. The lowest BCUT2D eigenvalue weighted by atomic mass is 10.1. The van der Waals surface area contributed by atoms with Crippen molar-refractivity contribution < 1.29 is 0 Å². The van der Waals surface area contributed by atoms with Gasteiger partial charge in [-0.1, -0.05) is 60.1 Å². The molecule has 26 heavy (non-hydrogen) atoms. The summed E-state index contributed by atoms with van der Waals surface area (Å²) in [6.45, 7) is 0. The molecule has 4 rings (SSSR count). The molecule has 4 aromatic rings. The summed E-state index contributed by atoms with van der Waals surface area (Å²) in [7, 11) is 0. The molecule has 4 heteroatoms. The largest absolute Gasteiger partial charge is 0.235 e. The second-order valence-corrected chi connectivity index (χ2v) is 7.12. The molecule has 0 unspecified atom stereocenters. The maximum absolute atomic E-state index is 9.55. The molecule has 0 aliphatic carbocycles. The number of benzene rings is 3. The maximum Gasteiger partial charge on any atom is 0.134 e. The third-order valence-corrected chi connectivity index (χ3v) is 5.17. The van der Waals surface area contributed by atoms with Crippen LogP contribution in [0, 0.1) is 11.3 Å². The highest BCUT2D eigenvalue weighted by atomic mass is 35.5. The van der Waals surface area contributed by atoms with Crippen molar-refractivity contribution in [2.45, 2.75) is 0 Å². The summed E-state index contributed by atoms with van der Waals surface area (Å²) in [5, 5.41) is 15.3. The van der Waals surface area contributed by atoms with Crippen LogP contribution in [0.15, 0.2) is 72.1 Å². The molecule has 1 heterocycles. The van der Waals surface area contributed by atoms with E-state index in [9.17, 15) is 5.26 Å². The van der Waals surface area contributed by atoms with E-state index in [0.717, 1.165) is 16.8 Å². The molecule has 0 radical (unpaired) electrons. The molecule has 0 aliphatic heterocycles. The lowest BCUT2D eigenvalue weighted by Crippen LogP contribution is -1.83. The quantitative estimate of drug-likeness (QED) is 0.376. The fourth-order valence-corrected chi connectivity index (χ4v) is 3.78. The Labute approximate surface area is 160 Å². The van der Waals surface area contributed by atoms with Crippen LogP contribution in [0.3, 0.4) is 0 Å². The van der Waals surface area contributed by atoms with Crippen LogP contribution in [0.2, 0.25) is 5.02 Å². The van der Waals surface area contributed by atoms with E-state index in [1.165, 1.54) is 22.1 Å². The third kappa shape index (κ3) is 3.39. The summed E-state index contributed by atoms with van der Waals surface area (Å²) in [6, 6.07) is 24.2. The molecule has 124 valence electrons. The lowest BCUT2D eigenvalue weighted by molar-refractivity contribution is 1.37. The second kappa shape index (κ2) is 7.13. The van der Waals surface area contributed by atoms with Gasteiger partial charge in [-0.25, -0.2) is 4.98 Å². The van der Waals surface area contributed by atoms with Gasteiger partial charge in [0.2, 0.25) is 0 Å². The minimum atomic E-state index is 0.532. The van der Waals surface area contributed by atoms with Gasteiger partial charge in [-0.05, 0) is 40.6 Å². The zero-order chi connectivity index (χ0) is 17.9. The summed E-state index contributed by atoms with van der Waals surface area (Å²) >= 11 is 7.50. The van der Waals surface area contributed by atoms with Crippen molar-refractivity contribution in [2.24, 2.45) is 0 Å². The van der Waals surface area contributed by atoms with Gasteiger partial charge in [-0.2, -0.15) is 5.26 Å². The van der Waals surface area contributed by atoms with Crippen LogP contribution in [0.25, 0.3) is 33.7 Å². The van der Waals surface area contributed by atoms with Crippen molar-refractivity contribution >= 4 is 45.4 Å². The first-order valence-electron chi connectivity index (χ1n) is 8.05. The molecule has 0 bridgehead atoms. The number of aromatic nitrogens is 1. The van der Waals surface area contributed by atoms with Crippen LogP contribution < -0.4 is 0 Å².